The molecule has 0 spiro atoms. The van der Waals surface area contributed by atoms with Crippen molar-refractivity contribution in [2.24, 2.45) is 0 Å². The van der Waals surface area contributed by atoms with Gasteiger partial charge in [0.1, 0.15) is 5.75 Å². The van der Waals surface area contributed by atoms with E-state index >= 15 is 0 Å². The molecular weight excluding hydrogens is 438 g/mol. The van der Waals surface area contributed by atoms with Crippen molar-refractivity contribution >= 4 is 28.8 Å². The molecule has 3 aromatic rings. The van der Waals surface area contributed by atoms with E-state index in [1.807, 2.05) is 48.5 Å². The maximum atomic E-state index is 12.7. The van der Waals surface area contributed by atoms with Crippen LogP contribution in [0.4, 0.5) is 17.1 Å². The van der Waals surface area contributed by atoms with E-state index in [1.54, 1.807) is 31.4 Å². The minimum Gasteiger partial charge on any atom is -0.497 e. The number of rotatable bonds is 13. The average molecular weight is 474 g/mol. The number of methoxy groups -OCH3 is 1. The molecule has 0 aliphatic carbocycles. The fourth-order valence-corrected chi connectivity index (χ4v) is 3.88. The SMILES string of the molecule is CCN(CC)CCCCC(=O)c1cccc(Nc2cccc(NC(=O)c3cccc(OC)c3)c2)c1. The Morgan fingerprint density at radius 3 is 2.20 bits per heavy atom. The summed E-state index contributed by atoms with van der Waals surface area (Å²) in [5, 5.41) is 6.26. The average Bonchev–Trinajstić information content (AvgIpc) is 2.89. The Kier molecular flexibility index (Phi) is 9.87. The Morgan fingerprint density at radius 1 is 0.800 bits per heavy atom. The third-order valence-corrected chi connectivity index (χ3v) is 5.95. The van der Waals surface area contributed by atoms with Gasteiger partial charge in [0.15, 0.2) is 5.78 Å². The fraction of sp³-hybridized carbons (Fsp3) is 0.310. The molecule has 3 rings (SSSR count). The van der Waals surface area contributed by atoms with Gasteiger partial charge < -0.3 is 20.3 Å². The van der Waals surface area contributed by atoms with Crippen molar-refractivity contribution < 1.29 is 14.3 Å². The van der Waals surface area contributed by atoms with Gasteiger partial charge in [-0.2, -0.15) is 0 Å². The molecule has 0 atom stereocenters. The minimum atomic E-state index is -0.213. The van der Waals surface area contributed by atoms with Gasteiger partial charge in [-0.1, -0.05) is 38.1 Å². The van der Waals surface area contributed by atoms with E-state index in [-0.39, 0.29) is 11.7 Å². The van der Waals surface area contributed by atoms with Crippen LogP contribution in [0.5, 0.6) is 5.75 Å². The van der Waals surface area contributed by atoms with Crippen LogP contribution in [0, 0.1) is 0 Å². The third kappa shape index (κ3) is 7.97. The zero-order valence-corrected chi connectivity index (χ0v) is 20.8. The summed E-state index contributed by atoms with van der Waals surface area (Å²) in [7, 11) is 1.57. The summed E-state index contributed by atoms with van der Waals surface area (Å²) in [6.45, 7) is 7.45. The third-order valence-electron chi connectivity index (χ3n) is 5.95. The van der Waals surface area contributed by atoms with Crippen molar-refractivity contribution in [2.75, 3.05) is 37.4 Å². The van der Waals surface area contributed by atoms with Crippen LogP contribution in [-0.4, -0.2) is 43.3 Å². The molecule has 0 radical (unpaired) electrons. The monoisotopic (exact) mass is 473 g/mol. The van der Waals surface area contributed by atoms with E-state index in [9.17, 15) is 9.59 Å². The van der Waals surface area contributed by atoms with Gasteiger partial charge in [0.25, 0.3) is 5.91 Å². The normalized spacial score (nSPS) is 10.7. The molecule has 0 saturated carbocycles. The number of carbonyl (C=O) groups excluding carboxylic acids is 2. The summed E-state index contributed by atoms with van der Waals surface area (Å²) < 4.78 is 5.20. The first-order valence-corrected chi connectivity index (χ1v) is 12.2. The molecule has 0 unspecified atom stereocenters. The van der Waals surface area contributed by atoms with Crippen molar-refractivity contribution in [2.45, 2.75) is 33.1 Å². The molecule has 184 valence electrons. The number of nitrogens with zero attached hydrogens (tertiary/aromatic N) is 1. The van der Waals surface area contributed by atoms with Crippen LogP contribution in [0.3, 0.4) is 0 Å². The van der Waals surface area contributed by atoms with Crippen molar-refractivity contribution in [3.8, 4) is 5.75 Å². The van der Waals surface area contributed by atoms with Crippen molar-refractivity contribution in [3.63, 3.8) is 0 Å². The molecule has 6 nitrogen and oxygen atoms in total. The Bertz CT molecular complexity index is 1130. The summed E-state index contributed by atoms with van der Waals surface area (Å²) in [5.41, 5.74) is 3.54. The number of nitrogens with one attached hydrogen (secondary N) is 2. The second kappa shape index (κ2) is 13.3. The highest BCUT2D eigenvalue weighted by atomic mass is 16.5. The van der Waals surface area contributed by atoms with Crippen molar-refractivity contribution in [3.05, 3.63) is 83.9 Å². The van der Waals surface area contributed by atoms with Crippen molar-refractivity contribution in [1.82, 2.24) is 4.90 Å². The molecule has 6 heteroatoms. The highest BCUT2D eigenvalue weighted by Gasteiger charge is 2.09. The van der Waals surface area contributed by atoms with E-state index < -0.39 is 0 Å². The van der Waals surface area contributed by atoms with Crippen LogP contribution >= 0.6 is 0 Å². The largest absolute Gasteiger partial charge is 0.497 e. The Labute approximate surface area is 208 Å². The number of Topliss-reactive ketones (excluding diaryl/α,β-unsaturated/α-hetero) is 1. The number of amides is 1. The molecular formula is C29H35N3O3. The quantitative estimate of drug-likeness (QED) is 0.222. The van der Waals surface area contributed by atoms with E-state index in [4.69, 9.17) is 4.74 Å². The number of hydrogen-bond donors (Lipinski definition) is 2. The lowest BCUT2D eigenvalue weighted by Gasteiger charge is -2.17. The molecule has 3 aromatic carbocycles. The minimum absolute atomic E-state index is 0.160. The molecule has 1 amide bonds. The first kappa shape index (κ1) is 26.0. The Balaban J connectivity index is 1.58. The highest BCUT2D eigenvalue weighted by Crippen LogP contribution is 2.23. The Hall–Kier alpha value is -3.64. The summed E-state index contributed by atoms with van der Waals surface area (Å²) in [6.07, 6.45) is 2.47. The number of unbranched alkanes of at least 4 members (excludes halogenated alkanes) is 1. The molecule has 0 aliphatic heterocycles. The van der Waals surface area contributed by atoms with Crippen LogP contribution in [0.1, 0.15) is 53.8 Å². The summed E-state index contributed by atoms with van der Waals surface area (Å²) >= 11 is 0. The standard InChI is InChI=1S/C29H35N3O3/c1-4-32(5-2)18-7-6-17-28(33)22-11-8-13-24(19-22)30-25-14-10-15-26(21-25)31-29(34)23-12-9-16-27(20-23)35-3/h8-16,19-21,30H,4-7,17-18H2,1-3H3,(H,31,34). The second-order valence-corrected chi connectivity index (χ2v) is 8.38. The first-order valence-electron chi connectivity index (χ1n) is 12.2. The number of hydrogen-bond acceptors (Lipinski definition) is 5. The van der Waals surface area contributed by atoms with Gasteiger partial charge in [-0.25, -0.2) is 0 Å². The first-order chi connectivity index (χ1) is 17.0. The van der Waals surface area contributed by atoms with Crippen LogP contribution in [-0.2, 0) is 0 Å². The van der Waals surface area contributed by atoms with Crippen LogP contribution in [0.25, 0.3) is 0 Å². The lowest BCUT2D eigenvalue weighted by Crippen LogP contribution is -2.24. The predicted octanol–water partition coefficient (Wildman–Crippen LogP) is 6.39. The van der Waals surface area contributed by atoms with Gasteiger partial charge in [-0.3, -0.25) is 9.59 Å². The van der Waals surface area contributed by atoms with E-state index in [2.05, 4.69) is 29.4 Å². The number of benzene rings is 3. The molecule has 0 saturated heterocycles. The Morgan fingerprint density at radius 2 is 1.46 bits per heavy atom. The van der Waals surface area contributed by atoms with Crippen LogP contribution in [0.15, 0.2) is 72.8 Å². The lowest BCUT2D eigenvalue weighted by atomic mass is 10.0. The lowest BCUT2D eigenvalue weighted by molar-refractivity contribution is 0.0976. The molecule has 35 heavy (non-hydrogen) atoms. The zero-order chi connectivity index (χ0) is 25.0. The summed E-state index contributed by atoms with van der Waals surface area (Å²) in [4.78, 5) is 27.7. The smallest absolute Gasteiger partial charge is 0.255 e. The van der Waals surface area contributed by atoms with Crippen LogP contribution < -0.4 is 15.4 Å². The molecule has 0 bridgehead atoms. The number of ketones is 1. The van der Waals surface area contributed by atoms with E-state index in [0.717, 1.165) is 43.9 Å². The van der Waals surface area contributed by atoms with Crippen molar-refractivity contribution in [1.29, 1.82) is 0 Å². The second-order valence-electron chi connectivity index (χ2n) is 8.38. The van der Waals surface area contributed by atoms with Gasteiger partial charge in [-0.05, 0) is 81.0 Å². The number of ether oxygens (including phenoxy) is 1. The highest BCUT2D eigenvalue weighted by molar-refractivity contribution is 6.04. The summed E-state index contributed by atoms with van der Waals surface area (Å²) in [6, 6.07) is 22.1. The van der Waals surface area contributed by atoms with E-state index in [1.165, 1.54) is 0 Å². The number of carbonyl (C=O) groups is 2. The number of anilines is 3. The van der Waals surface area contributed by atoms with Gasteiger partial charge in [0, 0.05) is 34.6 Å². The molecule has 0 heterocycles. The maximum Gasteiger partial charge on any atom is 0.255 e. The fourth-order valence-electron chi connectivity index (χ4n) is 3.88. The molecule has 0 aliphatic rings. The molecule has 2 N–H and O–H groups in total. The van der Waals surface area contributed by atoms with E-state index in [0.29, 0.717) is 29.0 Å². The van der Waals surface area contributed by atoms with Gasteiger partial charge >= 0.3 is 0 Å². The van der Waals surface area contributed by atoms with Gasteiger partial charge in [0.05, 0.1) is 7.11 Å². The maximum absolute atomic E-state index is 12.7. The predicted molar refractivity (Wildman–Crippen MR) is 143 cm³/mol. The zero-order valence-electron chi connectivity index (χ0n) is 20.8. The molecule has 0 aromatic heterocycles. The van der Waals surface area contributed by atoms with Crippen LogP contribution in [0.2, 0.25) is 0 Å². The molecule has 0 fully saturated rings. The summed E-state index contributed by atoms with van der Waals surface area (Å²) in [5.74, 6) is 0.577. The van der Waals surface area contributed by atoms with Gasteiger partial charge in [-0.15, -0.1) is 0 Å². The topological polar surface area (TPSA) is 70.7 Å². The van der Waals surface area contributed by atoms with Gasteiger partial charge in [0.2, 0.25) is 0 Å².